The predicted molar refractivity (Wildman–Crippen MR) is 128 cm³/mol. The van der Waals surface area contributed by atoms with E-state index in [0.29, 0.717) is 16.9 Å². The summed E-state index contributed by atoms with van der Waals surface area (Å²) in [5.41, 5.74) is 3.59. The molecule has 32 heavy (non-hydrogen) atoms. The topological polar surface area (TPSA) is 95.5 Å². The van der Waals surface area contributed by atoms with Crippen molar-refractivity contribution >= 4 is 40.9 Å². The summed E-state index contributed by atoms with van der Waals surface area (Å²) >= 11 is 1.35. The number of rotatable bonds is 7. The number of aryl methyl sites for hydroxylation is 2. The number of benzene rings is 3. The van der Waals surface area contributed by atoms with Crippen LogP contribution in [0.15, 0.2) is 71.6 Å². The predicted octanol–water partition coefficient (Wildman–Crippen LogP) is 5.37. The van der Waals surface area contributed by atoms with Crippen LogP contribution in [0.4, 0.5) is 11.4 Å². The van der Waals surface area contributed by atoms with Crippen LogP contribution in [-0.4, -0.2) is 28.1 Å². The Morgan fingerprint density at radius 3 is 2.34 bits per heavy atom. The maximum absolute atomic E-state index is 12.7. The Kier molecular flexibility index (Phi) is 7.33. The van der Waals surface area contributed by atoms with Gasteiger partial charge in [-0.15, -0.1) is 11.8 Å². The Morgan fingerprint density at radius 2 is 1.62 bits per heavy atom. The van der Waals surface area contributed by atoms with Gasteiger partial charge in [0, 0.05) is 21.8 Å². The molecule has 164 valence electrons. The van der Waals surface area contributed by atoms with Crippen molar-refractivity contribution in [2.45, 2.75) is 30.9 Å². The average Bonchev–Trinajstić information content (AvgIpc) is 2.75. The van der Waals surface area contributed by atoms with E-state index in [1.54, 1.807) is 32.0 Å². The van der Waals surface area contributed by atoms with Gasteiger partial charge in [0.1, 0.15) is 0 Å². The lowest BCUT2D eigenvalue weighted by atomic mass is 10.1. The zero-order chi connectivity index (χ0) is 23.3. The van der Waals surface area contributed by atoms with Crippen LogP contribution in [0.1, 0.15) is 38.8 Å². The molecule has 0 aromatic heterocycles. The second-order valence-electron chi connectivity index (χ2n) is 7.44. The van der Waals surface area contributed by atoms with Gasteiger partial charge in [-0.25, -0.2) is 4.79 Å². The highest BCUT2D eigenvalue weighted by molar-refractivity contribution is 8.00. The summed E-state index contributed by atoms with van der Waals surface area (Å²) in [6, 6.07) is 19.3. The first-order valence-electron chi connectivity index (χ1n) is 10.0. The molecule has 6 nitrogen and oxygen atoms in total. The molecule has 0 fully saturated rings. The average molecular weight is 449 g/mol. The van der Waals surface area contributed by atoms with Crippen molar-refractivity contribution in [1.29, 1.82) is 0 Å². The van der Waals surface area contributed by atoms with E-state index >= 15 is 0 Å². The molecule has 3 aromatic carbocycles. The van der Waals surface area contributed by atoms with E-state index in [-0.39, 0.29) is 17.4 Å². The van der Waals surface area contributed by atoms with Crippen molar-refractivity contribution in [1.82, 2.24) is 0 Å². The van der Waals surface area contributed by atoms with Crippen molar-refractivity contribution in [3.8, 4) is 0 Å². The van der Waals surface area contributed by atoms with E-state index in [2.05, 4.69) is 10.6 Å². The second-order valence-corrected chi connectivity index (χ2v) is 8.85. The van der Waals surface area contributed by atoms with Crippen LogP contribution in [-0.2, 0) is 4.79 Å². The van der Waals surface area contributed by atoms with Gasteiger partial charge >= 0.3 is 5.97 Å². The molecule has 1 unspecified atom stereocenters. The standard InChI is InChI=1S/C25H24N2O4S/c1-15-6-4-7-18(12-15)24(29)26-20-8-5-9-21(14-20)32-17(3)23(28)27-22-13-19(25(30)31)11-10-16(22)2/h4-14,17H,1-3H3,(H,26,29)(H,27,28)(H,30,31). The summed E-state index contributed by atoms with van der Waals surface area (Å²) < 4.78 is 0. The number of carboxylic acid groups (broad SMARTS) is 1. The van der Waals surface area contributed by atoms with Gasteiger partial charge < -0.3 is 15.7 Å². The van der Waals surface area contributed by atoms with E-state index in [9.17, 15) is 14.4 Å². The lowest BCUT2D eigenvalue weighted by Gasteiger charge is -2.15. The summed E-state index contributed by atoms with van der Waals surface area (Å²) in [6.07, 6.45) is 0. The minimum atomic E-state index is -1.05. The Bertz CT molecular complexity index is 1180. The van der Waals surface area contributed by atoms with E-state index < -0.39 is 11.2 Å². The first-order valence-corrected chi connectivity index (χ1v) is 10.9. The van der Waals surface area contributed by atoms with Crippen molar-refractivity contribution < 1.29 is 19.5 Å². The molecular weight excluding hydrogens is 424 g/mol. The van der Waals surface area contributed by atoms with Gasteiger partial charge in [-0.05, 0) is 68.8 Å². The summed E-state index contributed by atoms with van der Waals surface area (Å²) in [7, 11) is 0. The van der Waals surface area contributed by atoms with Crippen LogP contribution in [0.25, 0.3) is 0 Å². The zero-order valence-corrected chi connectivity index (χ0v) is 18.8. The minimum Gasteiger partial charge on any atom is -0.478 e. The van der Waals surface area contributed by atoms with E-state index in [0.717, 1.165) is 16.0 Å². The van der Waals surface area contributed by atoms with Crippen molar-refractivity contribution in [2.75, 3.05) is 10.6 Å². The van der Waals surface area contributed by atoms with Crippen molar-refractivity contribution in [3.05, 3.63) is 89.0 Å². The molecule has 0 aliphatic rings. The van der Waals surface area contributed by atoms with Gasteiger partial charge in [0.2, 0.25) is 5.91 Å². The molecule has 0 saturated heterocycles. The van der Waals surface area contributed by atoms with Crippen LogP contribution in [0, 0.1) is 13.8 Å². The van der Waals surface area contributed by atoms with Crippen LogP contribution in [0.5, 0.6) is 0 Å². The lowest BCUT2D eigenvalue weighted by Crippen LogP contribution is -2.23. The fraction of sp³-hybridized carbons (Fsp3) is 0.160. The van der Waals surface area contributed by atoms with Gasteiger partial charge in [0.25, 0.3) is 5.91 Å². The molecular formula is C25H24N2O4S. The Balaban J connectivity index is 1.66. The molecule has 0 heterocycles. The van der Waals surface area contributed by atoms with Crippen LogP contribution < -0.4 is 10.6 Å². The van der Waals surface area contributed by atoms with Crippen LogP contribution >= 0.6 is 11.8 Å². The largest absolute Gasteiger partial charge is 0.478 e. The van der Waals surface area contributed by atoms with Gasteiger partial charge in [-0.3, -0.25) is 9.59 Å². The Labute approximate surface area is 191 Å². The van der Waals surface area contributed by atoms with Gasteiger partial charge in [-0.2, -0.15) is 0 Å². The minimum absolute atomic E-state index is 0.114. The maximum atomic E-state index is 12.7. The molecule has 0 spiro atoms. The molecule has 3 N–H and O–H groups in total. The number of hydrogen-bond donors (Lipinski definition) is 3. The molecule has 0 aliphatic carbocycles. The smallest absolute Gasteiger partial charge is 0.335 e. The molecule has 0 saturated carbocycles. The number of carbonyl (C=O) groups excluding carboxylic acids is 2. The van der Waals surface area contributed by atoms with Crippen LogP contribution in [0.2, 0.25) is 0 Å². The van der Waals surface area contributed by atoms with E-state index in [1.165, 1.54) is 23.9 Å². The van der Waals surface area contributed by atoms with Gasteiger partial charge in [0.05, 0.1) is 10.8 Å². The molecule has 3 rings (SSSR count). The first kappa shape index (κ1) is 23.1. The summed E-state index contributed by atoms with van der Waals surface area (Å²) in [5.74, 6) is -1.49. The SMILES string of the molecule is Cc1cccc(C(=O)Nc2cccc(SC(C)C(=O)Nc3cc(C(=O)O)ccc3C)c2)c1. The highest BCUT2D eigenvalue weighted by Crippen LogP contribution is 2.27. The Morgan fingerprint density at radius 1 is 0.875 bits per heavy atom. The fourth-order valence-corrected chi connectivity index (χ4v) is 3.94. The summed E-state index contributed by atoms with van der Waals surface area (Å²) in [5, 5.41) is 14.4. The quantitative estimate of drug-likeness (QED) is 0.422. The van der Waals surface area contributed by atoms with E-state index in [4.69, 9.17) is 5.11 Å². The molecule has 3 aromatic rings. The first-order chi connectivity index (χ1) is 15.2. The Hall–Kier alpha value is -3.58. The number of anilines is 2. The van der Waals surface area contributed by atoms with E-state index in [1.807, 2.05) is 43.3 Å². The van der Waals surface area contributed by atoms with Crippen molar-refractivity contribution in [3.63, 3.8) is 0 Å². The summed E-state index contributed by atoms with van der Waals surface area (Å²) in [4.78, 5) is 37.2. The molecule has 0 aliphatic heterocycles. The molecule has 0 radical (unpaired) electrons. The monoisotopic (exact) mass is 448 g/mol. The van der Waals surface area contributed by atoms with Crippen LogP contribution in [0.3, 0.4) is 0 Å². The number of thioether (sulfide) groups is 1. The molecule has 2 amide bonds. The molecule has 0 bridgehead atoms. The number of nitrogens with one attached hydrogen (secondary N) is 2. The fourth-order valence-electron chi connectivity index (χ4n) is 3.02. The third-order valence-corrected chi connectivity index (χ3v) is 5.89. The number of carboxylic acids is 1. The third kappa shape index (κ3) is 5.98. The number of amides is 2. The normalized spacial score (nSPS) is 11.5. The number of aromatic carboxylic acids is 1. The van der Waals surface area contributed by atoms with Crippen molar-refractivity contribution in [2.24, 2.45) is 0 Å². The van der Waals surface area contributed by atoms with Gasteiger partial charge in [0.15, 0.2) is 0 Å². The molecule has 1 atom stereocenters. The van der Waals surface area contributed by atoms with Gasteiger partial charge in [-0.1, -0.05) is 29.8 Å². The second kappa shape index (κ2) is 10.2. The number of hydrogen-bond acceptors (Lipinski definition) is 4. The molecule has 7 heteroatoms. The number of carbonyl (C=O) groups is 3. The maximum Gasteiger partial charge on any atom is 0.335 e. The highest BCUT2D eigenvalue weighted by atomic mass is 32.2. The third-order valence-electron chi connectivity index (χ3n) is 4.80. The highest BCUT2D eigenvalue weighted by Gasteiger charge is 2.17. The zero-order valence-electron chi connectivity index (χ0n) is 18.0. The summed E-state index contributed by atoms with van der Waals surface area (Å²) in [6.45, 7) is 5.51. The lowest BCUT2D eigenvalue weighted by molar-refractivity contribution is -0.115.